The van der Waals surface area contributed by atoms with Crippen molar-refractivity contribution in [3.05, 3.63) is 64.1 Å². The molecule has 4 aromatic rings. The van der Waals surface area contributed by atoms with Gasteiger partial charge in [0, 0.05) is 22.3 Å². The molecule has 0 saturated heterocycles. The first kappa shape index (κ1) is 18.8. The number of carbonyl (C=O) groups excluding carboxylic acids is 1. The first-order valence-corrected chi connectivity index (χ1v) is 10.7. The molecule has 0 bridgehead atoms. The number of benzene rings is 1. The summed E-state index contributed by atoms with van der Waals surface area (Å²) < 4.78 is 19.4. The molecule has 5 nitrogen and oxygen atoms in total. The van der Waals surface area contributed by atoms with Gasteiger partial charge < -0.3 is 15.5 Å². The van der Waals surface area contributed by atoms with Crippen molar-refractivity contribution < 1.29 is 13.6 Å². The van der Waals surface area contributed by atoms with Gasteiger partial charge in [-0.2, -0.15) is 0 Å². The Labute approximate surface area is 176 Å². The number of halogens is 1. The second kappa shape index (κ2) is 7.25. The number of nitrogens with zero attached hydrogens (tertiary/aromatic N) is 1. The van der Waals surface area contributed by atoms with E-state index in [4.69, 9.17) is 15.1 Å². The van der Waals surface area contributed by atoms with Crippen molar-refractivity contribution in [2.75, 3.05) is 11.1 Å². The molecule has 30 heavy (non-hydrogen) atoms. The predicted molar refractivity (Wildman–Crippen MR) is 117 cm³/mol. The van der Waals surface area contributed by atoms with Gasteiger partial charge in [-0.15, -0.1) is 11.3 Å². The molecule has 0 atom stereocenters. The second-order valence-electron chi connectivity index (χ2n) is 7.52. The molecule has 3 heterocycles. The lowest BCUT2D eigenvalue weighted by Crippen LogP contribution is -2.12. The molecule has 0 unspecified atom stereocenters. The minimum atomic E-state index is -0.415. The van der Waals surface area contributed by atoms with E-state index in [1.54, 1.807) is 12.1 Å². The van der Waals surface area contributed by atoms with Gasteiger partial charge >= 0.3 is 0 Å². The monoisotopic (exact) mass is 421 g/mol. The standard InChI is InChI=1S/C23H20FN3O2S/c1-12-9-10-17(29-12)18-15-7-2-3-8-16(15)27-23-19(18)20(25)21(30-23)22(28)26-14-6-4-5-13(24)11-14/h4-6,9-11H,2-3,7-8,25H2,1H3,(H,26,28). The average Bonchev–Trinajstić information content (AvgIpc) is 3.29. The number of furan rings is 1. The summed E-state index contributed by atoms with van der Waals surface area (Å²) in [6, 6.07) is 9.66. The van der Waals surface area contributed by atoms with Crippen molar-refractivity contribution in [3.63, 3.8) is 0 Å². The van der Waals surface area contributed by atoms with Gasteiger partial charge in [0.1, 0.15) is 27.0 Å². The van der Waals surface area contributed by atoms with Crippen LogP contribution in [0.3, 0.4) is 0 Å². The van der Waals surface area contributed by atoms with Gasteiger partial charge in [-0.1, -0.05) is 6.07 Å². The van der Waals surface area contributed by atoms with E-state index in [1.165, 1.54) is 23.5 Å². The number of thiophene rings is 1. The molecule has 3 N–H and O–H groups in total. The SMILES string of the molecule is Cc1ccc(-c2c3c(nc4sc(C(=O)Nc5cccc(F)c5)c(N)c24)CCCC3)o1. The topological polar surface area (TPSA) is 81.2 Å². The van der Waals surface area contributed by atoms with Crippen LogP contribution in [-0.4, -0.2) is 10.9 Å². The van der Waals surface area contributed by atoms with Crippen LogP contribution < -0.4 is 11.1 Å². The Morgan fingerprint density at radius 3 is 2.83 bits per heavy atom. The quantitative estimate of drug-likeness (QED) is 0.443. The van der Waals surface area contributed by atoms with Gasteiger partial charge in [0.05, 0.1) is 5.69 Å². The third kappa shape index (κ3) is 3.15. The number of aryl methyl sites for hydroxylation is 2. The van der Waals surface area contributed by atoms with Crippen molar-refractivity contribution in [1.29, 1.82) is 0 Å². The molecular weight excluding hydrogens is 401 g/mol. The summed E-state index contributed by atoms with van der Waals surface area (Å²) >= 11 is 1.26. The Bertz CT molecular complexity index is 1290. The van der Waals surface area contributed by atoms with Gasteiger partial charge in [0.25, 0.3) is 5.91 Å². The molecule has 1 amide bonds. The summed E-state index contributed by atoms with van der Waals surface area (Å²) in [7, 11) is 0. The van der Waals surface area contributed by atoms with E-state index in [0.29, 0.717) is 16.3 Å². The maximum Gasteiger partial charge on any atom is 0.267 e. The first-order chi connectivity index (χ1) is 14.5. The number of nitrogens with one attached hydrogen (secondary N) is 1. The Morgan fingerprint density at radius 2 is 2.07 bits per heavy atom. The van der Waals surface area contributed by atoms with Crippen molar-refractivity contribution >= 4 is 38.8 Å². The number of carbonyl (C=O) groups is 1. The maximum atomic E-state index is 13.5. The van der Waals surface area contributed by atoms with Gasteiger partial charge in [-0.05, 0) is 68.5 Å². The molecule has 0 radical (unpaired) electrons. The fourth-order valence-electron chi connectivity index (χ4n) is 4.07. The van der Waals surface area contributed by atoms with Gasteiger partial charge in [0.15, 0.2) is 0 Å². The predicted octanol–water partition coefficient (Wildman–Crippen LogP) is 5.72. The maximum absolute atomic E-state index is 13.5. The summed E-state index contributed by atoms with van der Waals surface area (Å²) in [4.78, 5) is 18.9. The Balaban J connectivity index is 1.67. The zero-order valence-electron chi connectivity index (χ0n) is 16.4. The summed E-state index contributed by atoms with van der Waals surface area (Å²) in [6.45, 7) is 1.91. The number of hydrogen-bond donors (Lipinski definition) is 2. The number of fused-ring (bicyclic) bond motifs is 2. The minimum absolute atomic E-state index is 0.369. The number of rotatable bonds is 3. The molecule has 0 saturated carbocycles. The van der Waals surface area contributed by atoms with E-state index >= 15 is 0 Å². The molecule has 3 aromatic heterocycles. The molecule has 1 aliphatic carbocycles. The highest BCUT2D eigenvalue weighted by Crippen LogP contribution is 2.44. The van der Waals surface area contributed by atoms with E-state index in [9.17, 15) is 9.18 Å². The molecule has 0 aliphatic heterocycles. The molecule has 7 heteroatoms. The lowest BCUT2D eigenvalue weighted by molar-refractivity contribution is 0.103. The first-order valence-electron chi connectivity index (χ1n) is 9.88. The molecule has 5 rings (SSSR count). The van der Waals surface area contributed by atoms with E-state index in [-0.39, 0.29) is 5.91 Å². The van der Waals surface area contributed by atoms with E-state index in [0.717, 1.165) is 64.2 Å². The van der Waals surface area contributed by atoms with Crippen LogP contribution in [0, 0.1) is 12.7 Å². The fourth-order valence-corrected chi connectivity index (χ4v) is 5.09. The summed E-state index contributed by atoms with van der Waals surface area (Å²) in [5.41, 5.74) is 10.4. The van der Waals surface area contributed by atoms with Crippen LogP contribution in [0.5, 0.6) is 0 Å². The van der Waals surface area contributed by atoms with Crippen LogP contribution >= 0.6 is 11.3 Å². The number of nitrogen functional groups attached to an aromatic ring is 1. The number of amides is 1. The average molecular weight is 421 g/mol. The molecular formula is C23H20FN3O2S. The van der Waals surface area contributed by atoms with Crippen LogP contribution in [0.15, 0.2) is 40.8 Å². The third-order valence-corrected chi connectivity index (χ3v) is 6.53. The van der Waals surface area contributed by atoms with Crippen LogP contribution in [0.4, 0.5) is 15.8 Å². The molecule has 1 aliphatic rings. The van der Waals surface area contributed by atoms with Crippen LogP contribution in [0.2, 0.25) is 0 Å². The zero-order chi connectivity index (χ0) is 20.8. The summed E-state index contributed by atoms with van der Waals surface area (Å²) in [5, 5.41) is 3.50. The number of aromatic nitrogens is 1. The lowest BCUT2D eigenvalue weighted by Gasteiger charge is -2.18. The van der Waals surface area contributed by atoms with E-state index in [2.05, 4.69) is 5.32 Å². The fraction of sp³-hybridized carbons (Fsp3) is 0.217. The zero-order valence-corrected chi connectivity index (χ0v) is 17.2. The van der Waals surface area contributed by atoms with Crippen molar-refractivity contribution in [2.24, 2.45) is 0 Å². The van der Waals surface area contributed by atoms with Gasteiger partial charge in [-0.3, -0.25) is 4.79 Å². The number of pyridine rings is 1. The Kier molecular flexibility index (Phi) is 4.55. The van der Waals surface area contributed by atoms with Crippen LogP contribution in [0.1, 0.15) is 39.5 Å². The van der Waals surface area contributed by atoms with Gasteiger partial charge in [-0.25, -0.2) is 9.37 Å². The lowest BCUT2D eigenvalue weighted by atomic mass is 9.89. The number of nitrogens with two attached hydrogens (primary N) is 1. The highest BCUT2D eigenvalue weighted by Gasteiger charge is 2.27. The number of hydrogen-bond acceptors (Lipinski definition) is 5. The van der Waals surface area contributed by atoms with Crippen molar-refractivity contribution in [1.82, 2.24) is 4.98 Å². The highest BCUT2D eigenvalue weighted by molar-refractivity contribution is 7.21. The van der Waals surface area contributed by atoms with E-state index in [1.807, 2.05) is 19.1 Å². The smallest absolute Gasteiger partial charge is 0.267 e. The van der Waals surface area contributed by atoms with Crippen molar-refractivity contribution in [2.45, 2.75) is 32.6 Å². The van der Waals surface area contributed by atoms with E-state index < -0.39 is 5.82 Å². The van der Waals surface area contributed by atoms with Gasteiger partial charge in [0.2, 0.25) is 0 Å². The molecule has 0 spiro atoms. The molecule has 1 aromatic carbocycles. The Hall–Kier alpha value is -3.19. The Morgan fingerprint density at radius 1 is 1.23 bits per heavy atom. The molecule has 0 fully saturated rings. The highest BCUT2D eigenvalue weighted by atomic mass is 32.1. The largest absolute Gasteiger partial charge is 0.461 e. The summed E-state index contributed by atoms with van der Waals surface area (Å²) in [6.07, 6.45) is 3.99. The second-order valence-corrected chi connectivity index (χ2v) is 8.52. The van der Waals surface area contributed by atoms with Crippen molar-refractivity contribution in [3.8, 4) is 11.3 Å². The van der Waals surface area contributed by atoms with Crippen LogP contribution in [0.25, 0.3) is 21.5 Å². The minimum Gasteiger partial charge on any atom is -0.461 e. The normalized spacial score (nSPS) is 13.4. The summed E-state index contributed by atoms with van der Waals surface area (Å²) in [5.74, 6) is 0.777. The van der Waals surface area contributed by atoms with Crippen LogP contribution in [-0.2, 0) is 12.8 Å². The molecule has 152 valence electrons. The number of anilines is 2. The third-order valence-electron chi connectivity index (χ3n) is 5.43.